The molecule has 1 aliphatic carbocycles. The zero-order valence-electron chi connectivity index (χ0n) is 21.0. The third kappa shape index (κ3) is 8.12. The highest BCUT2D eigenvalue weighted by Crippen LogP contribution is 2.48. The van der Waals surface area contributed by atoms with E-state index in [9.17, 15) is 0 Å². The van der Waals surface area contributed by atoms with Crippen LogP contribution in [0.2, 0.25) is 0 Å². The van der Waals surface area contributed by atoms with E-state index in [1.165, 1.54) is 0 Å². The van der Waals surface area contributed by atoms with E-state index in [0.29, 0.717) is 0 Å². The Hall–Kier alpha value is -0.160. The van der Waals surface area contributed by atoms with Crippen LogP contribution in [0.3, 0.4) is 0 Å². The fraction of sp³-hybridized carbons (Fsp3) is 1.00. The Morgan fingerprint density at radius 3 is 1.59 bits per heavy atom. The summed E-state index contributed by atoms with van der Waals surface area (Å²) in [6.07, 6.45) is 11.2. The minimum Gasteiger partial charge on any atom is -0.227 e. The number of hydrogen-bond acceptors (Lipinski definition) is 4. The van der Waals surface area contributed by atoms with Gasteiger partial charge in [0.2, 0.25) is 5.79 Å². The van der Waals surface area contributed by atoms with Crippen LogP contribution in [0.4, 0.5) is 0 Å². The Kier molecular flexibility index (Phi) is 10.6. The lowest BCUT2D eigenvalue weighted by Gasteiger charge is -2.47. The lowest BCUT2D eigenvalue weighted by molar-refractivity contribution is -0.561. The summed E-state index contributed by atoms with van der Waals surface area (Å²) < 4.78 is 0. The predicted octanol–water partition coefficient (Wildman–Crippen LogP) is 8.14. The molecule has 3 unspecified atom stereocenters. The van der Waals surface area contributed by atoms with Crippen LogP contribution >= 0.6 is 0 Å². The molecule has 3 atom stereocenters. The highest BCUT2D eigenvalue weighted by Gasteiger charge is 2.50. The molecule has 4 heteroatoms. The van der Waals surface area contributed by atoms with Crippen molar-refractivity contribution in [1.82, 2.24) is 0 Å². The van der Waals surface area contributed by atoms with Gasteiger partial charge in [-0.05, 0) is 57.8 Å². The molecule has 0 aromatic heterocycles. The molecule has 174 valence electrons. The van der Waals surface area contributed by atoms with Gasteiger partial charge >= 0.3 is 0 Å². The van der Waals surface area contributed by atoms with Crippen LogP contribution in [-0.2, 0) is 19.6 Å². The zero-order chi connectivity index (χ0) is 22.2. The Labute approximate surface area is 181 Å². The largest absolute Gasteiger partial charge is 0.236 e. The third-order valence-corrected chi connectivity index (χ3v) is 7.14. The second-order valence-corrected chi connectivity index (χ2v) is 10.7. The van der Waals surface area contributed by atoms with Crippen molar-refractivity contribution in [3.63, 3.8) is 0 Å². The Bertz CT molecular complexity index is 438. The van der Waals surface area contributed by atoms with Crippen LogP contribution in [-0.4, -0.2) is 17.0 Å². The quantitative estimate of drug-likeness (QED) is 0.163. The molecule has 0 heterocycles. The SMILES string of the molecule is CCCCC(C)(CC)OOC1(OOC(C)(CC)CCCC)CCC(C)(C)CC1C. The monoisotopic (exact) mass is 414 g/mol. The average Bonchev–Trinajstić information content (AvgIpc) is 2.69. The molecule has 0 saturated heterocycles. The smallest absolute Gasteiger partial charge is 0.227 e. The first kappa shape index (κ1) is 26.9. The first-order chi connectivity index (χ1) is 13.5. The van der Waals surface area contributed by atoms with Gasteiger partial charge in [-0.3, -0.25) is 0 Å². The van der Waals surface area contributed by atoms with Crippen molar-refractivity contribution in [2.45, 2.75) is 150 Å². The van der Waals surface area contributed by atoms with E-state index < -0.39 is 5.79 Å². The maximum atomic E-state index is 6.23. The topological polar surface area (TPSA) is 36.9 Å². The van der Waals surface area contributed by atoms with Gasteiger partial charge in [-0.1, -0.05) is 74.1 Å². The summed E-state index contributed by atoms with van der Waals surface area (Å²) in [7, 11) is 0. The fourth-order valence-electron chi connectivity index (χ4n) is 4.11. The fourth-order valence-corrected chi connectivity index (χ4v) is 4.11. The summed E-state index contributed by atoms with van der Waals surface area (Å²) in [4.78, 5) is 24.7. The molecular formula is C25H50O4. The van der Waals surface area contributed by atoms with E-state index in [0.717, 1.165) is 70.6 Å². The van der Waals surface area contributed by atoms with Gasteiger partial charge in [0.25, 0.3) is 0 Å². The molecule has 0 radical (unpaired) electrons. The van der Waals surface area contributed by atoms with E-state index in [2.05, 4.69) is 62.3 Å². The van der Waals surface area contributed by atoms with Crippen molar-refractivity contribution < 1.29 is 19.6 Å². The van der Waals surface area contributed by atoms with Gasteiger partial charge in [0.1, 0.15) is 11.2 Å². The molecule has 0 N–H and O–H groups in total. The van der Waals surface area contributed by atoms with E-state index in [4.69, 9.17) is 19.6 Å². The predicted molar refractivity (Wildman–Crippen MR) is 120 cm³/mol. The second-order valence-electron chi connectivity index (χ2n) is 10.7. The molecule has 1 saturated carbocycles. The van der Waals surface area contributed by atoms with Crippen molar-refractivity contribution >= 4 is 0 Å². The molecule has 0 aliphatic heterocycles. The highest BCUT2D eigenvalue weighted by molar-refractivity contribution is 4.89. The molecule has 4 nitrogen and oxygen atoms in total. The summed E-state index contributed by atoms with van der Waals surface area (Å²) in [5.74, 6) is -0.660. The van der Waals surface area contributed by atoms with Crippen LogP contribution in [0.15, 0.2) is 0 Å². The van der Waals surface area contributed by atoms with E-state index in [1.807, 2.05) is 0 Å². The molecule has 1 rings (SSSR count). The van der Waals surface area contributed by atoms with Crippen molar-refractivity contribution in [3.05, 3.63) is 0 Å². The van der Waals surface area contributed by atoms with Gasteiger partial charge in [-0.15, -0.1) is 0 Å². The van der Waals surface area contributed by atoms with Gasteiger partial charge < -0.3 is 0 Å². The molecule has 0 aromatic rings. The van der Waals surface area contributed by atoms with Gasteiger partial charge in [0.05, 0.1) is 0 Å². The summed E-state index contributed by atoms with van der Waals surface area (Å²) in [6.45, 7) is 19.9. The molecule has 1 aliphatic rings. The molecular weight excluding hydrogens is 364 g/mol. The van der Waals surface area contributed by atoms with Gasteiger partial charge in [-0.25, -0.2) is 9.78 Å². The summed E-state index contributed by atoms with van der Waals surface area (Å²) in [5.41, 5.74) is -0.313. The maximum Gasteiger partial charge on any atom is 0.236 e. The summed E-state index contributed by atoms with van der Waals surface area (Å²) >= 11 is 0. The molecule has 0 spiro atoms. The first-order valence-electron chi connectivity index (χ1n) is 12.2. The number of unbranched alkanes of at least 4 members (excludes halogenated alkanes) is 2. The van der Waals surface area contributed by atoms with Crippen LogP contribution in [0.25, 0.3) is 0 Å². The molecule has 0 bridgehead atoms. The molecule has 1 fully saturated rings. The van der Waals surface area contributed by atoms with E-state index >= 15 is 0 Å². The van der Waals surface area contributed by atoms with Crippen LogP contribution in [0.1, 0.15) is 133 Å². The van der Waals surface area contributed by atoms with Gasteiger partial charge in [-0.2, -0.15) is 9.78 Å². The van der Waals surface area contributed by atoms with Crippen molar-refractivity contribution in [2.75, 3.05) is 0 Å². The summed E-state index contributed by atoms with van der Waals surface area (Å²) in [6, 6.07) is 0. The Morgan fingerprint density at radius 1 is 0.793 bits per heavy atom. The second kappa shape index (κ2) is 11.5. The van der Waals surface area contributed by atoms with Crippen molar-refractivity contribution in [1.29, 1.82) is 0 Å². The molecule has 0 amide bonds. The van der Waals surface area contributed by atoms with Crippen LogP contribution < -0.4 is 0 Å². The van der Waals surface area contributed by atoms with Crippen LogP contribution in [0, 0.1) is 11.3 Å². The Balaban J connectivity index is 2.95. The standard InChI is InChI=1S/C25H50O4/c1-10-14-16-23(8,12-3)26-28-25(19-18-22(6,7)20-21(25)5)29-27-24(9,13-4)17-15-11-2/h21H,10-20H2,1-9H3. The lowest BCUT2D eigenvalue weighted by Crippen LogP contribution is -2.51. The lowest BCUT2D eigenvalue weighted by atomic mass is 9.70. The molecule has 29 heavy (non-hydrogen) atoms. The Morgan fingerprint density at radius 2 is 1.24 bits per heavy atom. The highest BCUT2D eigenvalue weighted by atomic mass is 17.3. The summed E-state index contributed by atoms with van der Waals surface area (Å²) in [5, 5.41) is 0. The first-order valence-corrected chi connectivity index (χ1v) is 12.2. The van der Waals surface area contributed by atoms with E-state index in [1.54, 1.807) is 0 Å². The zero-order valence-corrected chi connectivity index (χ0v) is 21.0. The van der Waals surface area contributed by atoms with Crippen molar-refractivity contribution in [2.24, 2.45) is 11.3 Å². The van der Waals surface area contributed by atoms with Crippen LogP contribution in [0.5, 0.6) is 0 Å². The minimum absolute atomic E-state index is 0.186. The normalized spacial score (nSPS) is 28.7. The third-order valence-electron chi connectivity index (χ3n) is 7.14. The number of rotatable bonds is 14. The van der Waals surface area contributed by atoms with E-state index in [-0.39, 0.29) is 22.5 Å². The van der Waals surface area contributed by atoms with Crippen molar-refractivity contribution in [3.8, 4) is 0 Å². The average molecular weight is 415 g/mol. The number of hydrogen-bond donors (Lipinski definition) is 0. The maximum absolute atomic E-state index is 6.23. The van der Waals surface area contributed by atoms with Gasteiger partial charge in [0, 0.05) is 12.3 Å². The minimum atomic E-state index is -0.846. The molecule has 0 aromatic carbocycles. The van der Waals surface area contributed by atoms with Gasteiger partial charge in [0.15, 0.2) is 0 Å².